The summed E-state index contributed by atoms with van der Waals surface area (Å²) in [6.07, 6.45) is 1.74. The van der Waals surface area contributed by atoms with Crippen LogP contribution in [0.5, 0.6) is 0 Å². The molecule has 160 valence electrons. The van der Waals surface area contributed by atoms with Crippen molar-refractivity contribution >= 4 is 34.6 Å². The van der Waals surface area contributed by atoms with E-state index < -0.39 is 0 Å². The second-order valence-corrected chi connectivity index (χ2v) is 8.19. The number of fused-ring (bicyclic) bond motifs is 1. The maximum Gasteiger partial charge on any atom is 0.249 e. The third-order valence-electron chi connectivity index (χ3n) is 5.84. The summed E-state index contributed by atoms with van der Waals surface area (Å²) < 4.78 is 0. The van der Waals surface area contributed by atoms with E-state index in [4.69, 9.17) is 10.7 Å². The van der Waals surface area contributed by atoms with Gasteiger partial charge in [-0.05, 0) is 63.6 Å². The standard InChI is InChI=1S/C24H28N6O/c1-14(2)30-16(4)23(31)29(5)21-10-9-17(13-22(21)30)27-24-26-12-11-20(28-24)18-7-6-8-19(25)15(18)3/h6-14,16H,25H2,1-5H3,(H,26,27,28). The molecule has 1 amide bonds. The van der Waals surface area contributed by atoms with Gasteiger partial charge in [0.1, 0.15) is 6.04 Å². The highest BCUT2D eigenvalue weighted by atomic mass is 16.2. The fourth-order valence-corrected chi connectivity index (χ4v) is 4.17. The number of hydrogen-bond donors (Lipinski definition) is 2. The number of nitrogens with two attached hydrogens (primary N) is 1. The number of rotatable bonds is 4. The van der Waals surface area contributed by atoms with Crippen molar-refractivity contribution in [1.82, 2.24) is 9.97 Å². The molecule has 31 heavy (non-hydrogen) atoms. The Balaban J connectivity index is 1.69. The molecule has 2 aromatic carbocycles. The quantitative estimate of drug-likeness (QED) is 0.615. The predicted octanol–water partition coefficient (Wildman–Crippen LogP) is 4.36. The van der Waals surface area contributed by atoms with Crippen LogP contribution in [0, 0.1) is 6.92 Å². The molecule has 0 saturated heterocycles. The van der Waals surface area contributed by atoms with Crippen molar-refractivity contribution in [3.63, 3.8) is 0 Å². The number of hydrogen-bond acceptors (Lipinski definition) is 6. The Labute approximate surface area is 182 Å². The molecule has 3 N–H and O–H groups in total. The molecular weight excluding hydrogens is 388 g/mol. The zero-order valence-corrected chi connectivity index (χ0v) is 18.5. The Bertz CT molecular complexity index is 1140. The van der Waals surface area contributed by atoms with Gasteiger partial charge in [-0.15, -0.1) is 0 Å². The highest BCUT2D eigenvalue weighted by Crippen LogP contribution is 2.39. The van der Waals surface area contributed by atoms with E-state index in [1.807, 2.05) is 57.3 Å². The molecule has 1 aliphatic rings. The van der Waals surface area contributed by atoms with Gasteiger partial charge < -0.3 is 20.9 Å². The highest BCUT2D eigenvalue weighted by Gasteiger charge is 2.34. The van der Waals surface area contributed by atoms with Gasteiger partial charge in [-0.3, -0.25) is 4.79 Å². The molecule has 0 saturated carbocycles. The lowest BCUT2D eigenvalue weighted by Gasteiger charge is -2.42. The first kappa shape index (κ1) is 20.7. The minimum Gasteiger partial charge on any atom is -0.398 e. The van der Waals surface area contributed by atoms with Crippen LogP contribution in [0.1, 0.15) is 26.3 Å². The summed E-state index contributed by atoms with van der Waals surface area (Å²) in [5.41, 5.74) is 12.4. The first-order chi connectivity index (χ1) is 14.8. The summed E-state index contributed by atoms with van der Waals surface area (Å²) >= 11 is 0. The van der Waals surface area contributed by atoms with E-state index >= 15 is 0 Å². The van der Waals surface area contributed by atoms with Crippen molar-refractivity contribution in [2.24, 2.45) is 0 Å². The molecule has 0 spiro atoms. The topological polar surface area (TPSA) is 87.4 Å². The van der Waals surface area contributed by atoms with Crippen molar-refractivity contribution < 1.29 is 4.79 Å². The molecule has 7 heteroatoms. The number of aromatic nitrogens is 2. The van der Waals surface area contributed by atoms with Gasteiger partial charge in [0.05, 0.1) is 17.1 Å². The van der Waals surface area contributed by atoms with Crippen LogP contribution in [-0.4, -0.2) is 35.0 Å². The molecule has 0 radical (unpaired) electrons. The number of carbonyl (C=O) groups is 1. The van der Waals surface area contributed by atoms with Gasteiger partial charge in [0.2, 0.25) is 11.9 Å². The van der Waals surface area contributed by atoms with Crippen LogP contribution in [-0.2, 0) is 4.79 Å². The third kappa shape index (κ3) is 3.67. The molecule has 0 aliphatic carbocycles. The number of carbonyl (C=O) groups excluding carboxylic acids is 1. The van der Waals surface area contributed by atoms with Crippen LogP contribution in [0.2, 0.25) is 0 Å². The number of benzene rings is 2. The first-order valence-corrected chi connectivity index (χ1v) is 10.4. The summed E-state index contributed by atoms with van der Waals surface area (Å²) in [7, 11) is 1.82. The number of nitrogens with one attached hydrogen (secondary N) is 1. The maximum absolute atomic E-state index is 12.6. The average Bonchev–Trinajstić information content (AvgIpc) is 2.74. The van der Waals surface area contributed by atoms with Crippen LogP contribution in [0.4, 0.5) is 28.7 Å². The van der Waals surface area contributed by atoms with Gasteiger partial charge in [-0.1, -0.05) is 12.1 Å². The molecule has 0 fully saturated rings. The fraction of sp³-hybridized carbons (Fsp3) is 0.292. The molecule has 2 heterocycles. The van der Waals surface area contributed by atoms with Gasteiger partial charge in [0.15, 0.2) is 0 Å². The van der Waals surface area contributed by atoms with Crippen LogP contribution >= 0.6 is 0 Å². The third-order valence-corrected chi connectivity index (χ3v) is 5.84. The lowest BCUT2D eigenvalue weighted by Crippen LogP contribution is -2.53. The summed E-state index contributed by atoms with van der Waals surface area (Å²) in [6, 6.07) is 13.6. The Morgan fingerprint density at radius 3 is 2.65 bits per heavy atom. The monoisotopic (exact) mass is 416 g/mol. The number of nitrogen functional groups attached to an aromatic ring is 1. The number of nitrogens with zero attached hydrogens (tertiary/aromatic N) is 4. The van der Waals surface area contributed by atoms with E-state index in [9.17, 15) is 4.79 Å². The molecule has 1 atom stereocenters. The Morgan fingerprint density at radius 1 is 1.13 bits per heavy atom. The summed E-state index contributed by atoms with van der Waals surface area (Å²) in [6.45, 7) is 8.13. The SMILES string of the molecule is Cc1c(N)cccc1-c1ccnc(Nc2ccc3c(c2)N(C(C)C)C(C)C(=O)N3C)n1. The van der Waals surface area contributed by atoms with Crippen molar-refractivity contribution in [1.29, 1.82) is 0 Å². The molecule has 3 aromatic rings. The van der Waals surface area contributed by atoms with Crippen molar-refractivity contribution in [3.05, 3.63) is 54.2 Å². The summed E-state index contributed by atoms with van der Waals surface area (Å²) in [5, 5.41) is 3.32. The molecule has 1 aromatic heterocycles. The highest BCUT2D eigenvalue weighted by molar-refractivity contribution is 6.05. The molecule has 1 aliphatic heterocycles. The number of likely N-dealkylation sites (N-methyl/N-ethyl adjacent to an activating group) is 1. The van der Waals surface area contributed by atoms with Gasteiger partial charge in [-0.2, -0.15) is 0 Å². The predicted molar refractivity (Wildman–Crippen MR) is 127 cm³/mol. The van der Waals surface area contributed by atoms with Gasteiger partial charge in [0.25, 0.3) is 0 Å². The van der Waals surface area contributed by atoms with Crippen LogP contribution in [0.15, 0.2) is 48.7 Å². The maximum atomic E-state index is 12.6. The normalized spacial score (nSPS) is 15.9. The minimum atomic E-state index is -0.223. The van der Waals surface area contributed by atoms with E-state index in [0.717, 1.165) is 39.6 Å². The van der Waals surface area contributed by atoms with E-state index in [0.29, 0.717) is 5.95 Å². The number of amides is 1. The fourth-order valence-electron chi connectivity index (χ4n) is 4.17. The van der Waals surface area contributed by atoms with E-state index in [1.54, 1.807) is 11.1 Å². The van der Waals surface area contributed by atoms with Crippen LogP contribution in [0.3, 0.4) is 0 Å². The van der Waals surface area contributed by atoms with Crippen molar-refractivity contribution in [2.45, 2.75) is 39.8 Å². The van der Waals surface area contributed by atoms with Gasteiger partial charge in [0, 0.05) is 36.2 Å². The average molecular weight is 417 g/mol. The molecule has 0 bridgehead atoms. The molecular formula is C24H28N6O. The minimum absolute atomic E-state index is 0.0930. The van der Waals surface area contributed by atoms with E-state index in [1.165, 1.54) is 0 Å². The van der Waals surface area contributed by atoms with E-state index in [-0.39, 0.29) is 18.0 Å². The zero-order chi connectivity index (χ0) is 22.3. The first-order valence-electron chi connectivity index (χ1n) is 10.4. The van der Waals surface area contributed by atoms with Gasteiger partial charge >= 0.3 is 0 Å². The summed E-state index contributed by atoms with van der Waals surface area (Å²) in [5.74, 6) is 0.596. The van der Waals surface area contributed by atoms with Crippen LogP contribution in [0.25, 0.3) is 11.3 Å². The Hall–Kier alpha value is -3.61. The number of anilines is 5. The molecule has 1 unspecified atom stereocenters. The molecule has 4 rings (SSSR count). The molecule has 7 nitrogen and oxygen atoms in total. The lowest BCUT2D eigenvalue weighted by molar-refractivity contribution is -0.119. The van der Waals surface area contributed by atoms with E-state index in [2.05, 4.69) is 35.1 Å². The largest absolute Gasteiger partial charge is 0.398 e. The van der Waals surface area contributed by atoms with Gasteiger partial charge in [-0.25, -0.2) is 9.97 Å². The van der Waals surface area contributed by atoms with Crippen molar-refractivity contribution in [3.8, 4) is 11.3 Å². The Kier molecular flexibility index (Phi) is 5.27. The zero-order valence-electron chi connectivity index (χ0n) is 18.5. The lowest BCUT2D eigenvalue weighted by atomic mass is 10.0. The van der Waals surface area contributed by atoms with Crippen LogP contribution < -0.4 is 20.9 Å². The van der Waals surface area contributed by atoms with Crippen molar-refractivity contribution in [2.75, 3.05) is 27.9 Å². The second kappa shape index (κ2) is 7.91. The smallest absolute Gasteiger partial charge is 0.249 e. The summed E-state index contributed by atoms with van der Waals surface area (Å²) in [4.78, 5) is 25.6. The Morgan fingerprint density at radius 2 is 1.90 bits per heavy atom. The second-order valence-electron chi connectivity index (χ2n) is 8.19.